The standard InChI is InChI=1S/C20H23ClN2O4S/c1-2-14-6-7-15(20(24)25)12-19(14)28(26,27)22-17-13-16(21)8-9-18(17)23-10-4-3-5-11-23/h6-9,12-13,22H,2-5,10-11H2,1H3,(H,24,25). The molecule has 1 saturated heterocycles. The Bertz CT molecular complexity index is 986. The Balaban J connectivity index is 2.02. The van der Waals surface area contributed by atoms with E-state index in [1.54, 1.807) is 18.2 Å². The largest absolute Gasteiger partial charge is 0.478 e. The van der Waals surface area contributed by atoms with Gasteiger partial charge >= 0.3 is 5.97 Å². The molecule has 0 saturated carbocycles. The Morgan fingerprint density at radius 3 is 2.50 bits per heavy atom. The number of carboxylic acid groups (broad SMARTS) is 1. The highest BCUT2D eigenvalue weighted by atomic mass is 35.5. The van der Waals surface area contributed by atoms with Gasteiger partial charge in [0, 0.05) is 18.1 Å². The number of anilines is 2. The van der Waals surface area contributed by atoms with Gasteiger partial charge in [-0.05, 0) is 61.6 Å². The quantitative estimate of drug-likeness (QED) is 0.720. The van der Waals surface area contributed by atoms with Crippen molar-refractivity contribution in [1.82, 2.24) is 0 Å². The second kappa shape index (κ2) is 8.41. The summed E-state index contributed by atoms with van der Waals surface area (Å²) in [5, 5.41) is 9.66. The summed E-state index contributed by atoms with van der Waals surface area (Å²) in [5.74, 6) is -1.17. The lowest BCUT2D eigenvalue weighted by molar-refractivity contribution is 0.0696. The van der Waals surface area contributed by atoms with Crippen LogP contribution in [0.3, 0.4) is 0 Å². The number of aryl methyl sites for hydroxylation is 1. The fraction of sp³-hybridized carbons (Fsp3) is 0.350. The maximum Gasteiger partial charge on any atom is 0.335 e. The highest BCUT2D eigenvalue weighted by Crippen LogP contribution is 2.33. The monoisotopic (exact) mass is 422 g/mol. The first-order chi connectivity index (χ1) is 13.3. The summed E-state index contributed by atoms with van der Waals surface area (Å²) in [6.45, 7) is 3.53. The van der Waals surface area contributed by atoms with Crippen LogP contribution in [-0.4, -0.2) is 32.6 Å². The van der Waals surface area contributed by atoms with E-state index in [1.165, 1.54) is 12.1 Å². The van der Waals surface area contributed by atoms with Crippen LogP contribution in [0.5, 0.6) is 0 Å². The first kappa shape index (κ1) is 20.5. The smallest absolute Gasteiger partial charge is 0.335 e. The molecule has 2 N–H and O–H groups in total. The van der Waals surface area contributed by atoms with Crippen LogP contribution < -0.4 is 9.62 Å². The first-order valence-corrected chi connectivity index (χ1v) is 11.1. The lowest BCUT2D eigenvalue weighted by Crippen LogP contribution is -2.30. The van der Waals surface area contributed by atoms with E-state index >= 15 is 0 Å². The number of carboxylic acids is 1. The van der Waals surface area contributed by atoms with Crippen LogP contribution in [0.2, 0.25) is 5.02 Å². The van der Waals surface area contributed by atoms with Gasteiger partial charge in [0.2, 0.25) is 0 Å². The van der Waals surface area contributed by atoms with Crippen molar-refractivity contribution in [3.63, 3.8) is 0 Å². The van der Waals surface area contributed by atoms with E-state index in [-0.39, 0.29) is 10.5 Å². The zero-order chi connectivity index (χ0) is 20.3. The second-order valence-corrected chi connectivity index (χ2v) is 8.88. The zero-order valence-corrected chi connectivity index (χ0v) is 17.2. The maximum absolute atomic E-state index is 13.1. The number of halogens is 1. The number of sulfonamides is 1. The number of nitrogens with one attached hydrogen (secondary N) is 1. The lowest BCUT2D eigenvalue weighted by atomic mass is 10.1. The Morgan fingerprint density at radius 2 is 1.86 bits per heavy atom. The molecule has 2 aromatic rings. The third-order valence-corrected chi connectivity index (χ3v) is 6.57. The molecule has 0 atom stereocenters. The normalized spacial score (nSPS) is 14.7. The van der Waals surface area contributed by atoms with Crippen molar-refractivity contribution >= 4 is 39.0 Å². The van der Waals surface area contributed by atoms with Gasteiger partial charge in [0.25, 0.3) is 10.0 Å². The SMILES string of the molecule is CCc1ccc(C(=O)O)cc1S(=O)(=O)Nc1cc(Cl)ccc1N1CCCCC1. The molecule has 1 aliphatic rings. The van der Waals surface area contributed by atoms with Gasteiger partial charge in [-0.25, -0.2) is 13.2 Å². The van der Waals surface area contributed by atoms with Crippen LogP contribution in [0.25, 0.3) is 0 Å². The third kappa shape index (κ3) is 4.42. The minimum absolute atomic E-state index is 0.0283. The number of benzene rings is 2. The third-order valence-electron chi connectivity index (χ3n) is 4.88. The van der Waals surface area contributed by atoms with Gasteiger partial charge in [0.15, 0.2) is 0 Å². The molecule has 0 aromatic heterocycles. The van der Waals surface area contributed by atoms with E-state index in [0.29, 0.717) is 22.7 Å². The Morgan fingerprint density at radius 1 is 1.14 bits per heavy atom. The van der Waals surface area contributed by atoms with Crippen molar-refractivity contribution in [2.75, 3.05) is 22.7 Å². The van der Waals surface area contributed by atoms with Gasteiger partial charge < -0.3 is 10.0 Å². The molecule has 0 amide bonds. The number of aromatic carboxylic acids is 1. The summed E-state index contributed by atoms with van der Waals surface area (Å²) in [4.78, 5) is 13.4. The van der Waals surface area contributed by atoms with E-state index in [1.807, 2.05) is 13.0 Å². The number of hydrogen-bond donors (Lipinski definition) is 2. The van der Waals surface area contributed by atoms with E-state index in [0.717, 1.165) is 38.0 Å². The minimum Gasteiger partial charge on any atom is -0.478 e. The van der Waals surface area contributed by atoms with Crippen molar-refractivity contribution in [1.29, 1.82) is 0 Å². The van der Waals surface area contributed by atoms with Gasteiger partial charge in [0.1, 0.15) is 0 Å². The van der Waals surface area contributed by atoms with Crippen LogP contribution in [0, 0.1) is 0 Å². The van der Waals surface area contributed by atoms with Gasteiger partial charge in [-0.15, -0.1) is 0 Å². The molecule has 1 heterocycles. The van der Waals surface area contributed by atoms with Crippen LogP contribution in [0.1, 0.15) is 42.1 Å². The number of hydrogen-bond acceptors (Lipinski definition) is 4. The fourth-order valence-corrected chi connectivity index (χ4v) is 5.00. The predicted octanol–water partition coefficient (Wildman–Crippen LogP) is 4.39. The van der Waals surface area contributed by atoms with E-state index in [9.17, 15) is 18.3 Å². The highest BCUT2D eigenvalue weighted by Gasteiger charge is 2.23. The molecule has 6 nitrogen and oxygen atoms in total. The maximum atomic E-state index is 13.1. The lowest BCUT2D eigenvalue weighted by Gasteiger charge is -2.30. The fourth-order valence-electron chi connectivity index (χ4n) is 3.43. The molecule has 150 valence electrons. The molecule has 1 aliphatic heterocycles. The molecule has 28 heavy (non-hydrogen) atoms. The number of piperidine rings is 1. The Kier molecular flexibility index (Phi) is 6.15. The summed E-state index contributed by atoms with van der Waals surface area (Å²) >= 11 is 6.12. The zero-order valence-electron chi connectivity index (χ0n) is 15.6. The van der Waals surface area contributed by atoms with Gasteiger partial charge in [-0.1, -0.05) is 24.6 Å². The van der Waals surface area contributed by atoms with Gasteiger partial charge in [-0.2, -0.15) is 0 Å². The van der Waals surface area contributed by atoms with E-state index < -0.39 is 16.0 Å². The minimum atomic E-state index is -3.99. The average molecular weight is 423 g/mol. The van der Waals surface area contributed by atoms with Crippen LogP contribution in [0.4, 0.5) is 11.4 Å². The summed E-state index contributed by atoms with van der Waals surface area (Å²) in [5.41, 5.74) is 1.66. The molecule has 0 radical (unpaired) electrons. The predicted molar refractivity (Wildman–Crippen MR) is 111 cm³/mol. The molecule has 0 spiro atoms. The summed E-state index contributed by atoms with van der Waals surface area (Å²) in [7, 11) is -3.99. The van der Waals surface area contributed by atoms with Crippen molar-refractivity contribution in [2.24, 2.45) is 0 Å². The summed E-state index contributed by atoms with van der Waals surface area (Å²) in [6, 6.07) is 9.32. The molecule has 0 aliphatic carbocycles. The van der Waals surface area contributed by atoms with Crippen LogP contribution >= 0.6 is 11.6 Å². The highest BCUT2D eigenvalue weighted by molar-refractivity contribution is 7.92. The number of rotatable bonds is 6. The molecule has 1 fully saturated rings. The van der Waals surface area contributed by atoms with Crippen LogP contribution in [-0.2, 0) is 16.4 Å². The second-order valence-electron chi connectivity index (χ2n) is 6.80. The van der Waals surface area contributed by atoms with Crippen LogP contribution in [0.15, 0.2) is 41.3 Å². The molecule has 2 aromatic carbocycles. The van der Waals surface area contributed by atoms with E-state index in [2.05, 4.69) is 9.62 Å². The van der Waals surface area contributed by atoms with Crippen molar-refractivity contribution < 1.29 is 18.3 Å². The van der Waals surface area contributed by atoms with Crippen molar-refractivity contribution in [3.8, 4) is 0 Å². The number of carbonyl (C=O) groups is 1. The molecule has 0 unspecified atom stereocenters. The molecular formula is C20H23ClN2O4S. The first-order valence-electron chi connectivity index (χ1n) is 9.25. The van der Waals surface area contributed by atoms with E-state index in [4.69, 9.17) is 11.6 Å². The Hall–Kier alpha value is -2.25. The van der Waals surface area contributed by atoms with Gasteiger partial charge in [0.05, 0.1) is 21.8 Å². The summed E-state index contributed by atoms with van der Waals surface area (Å²) < 4.78 is 28.9. The summed E-state index contributed by atoms with van der Waals surface area (Å²) in [6.07, 6.45) is 3.72. The topological polar surface area (TPSA) is 86.7 Å². The van der Waals surface area contributed by atoms with Crippen molar-refractivity contribution in [3.05, 3.63) is 52.5 Å². The molecular weight excluding hydrogens is 400 g/mol. The average Bonchev–Trinajstić information content (AvgIpc) is 2.68. The molecule has 8 heteroatoms. The Labute approximate surface area is 170 Å². The van der Waals surface area contributed by atoms with Crippen molar-refractivity contribution in [2.45, 2.75) is 37.5 Å². The molecule has 0 bridgehead atoms. The van der Waals surface area contributed by atoms with Gasteiger partial charge in [-0.3, -0.25) is 4.72 Å². The number of nitrogens with zero attached hydrogens (tertiary/aromatic N) is 1. The molecule has 3 rings (SSSR count).